The van der Waals surface area contributed by atoms with Crippen molar-refractivity contribution in [2.24, 2.45) is 5.73 Å². The Bertz CT molecular complexity index is 358. The van der Waals surface area contributed by atoms with Gasteiger partial charge in [0.2, 0.25) is 0 Å². The number of pyridine rings is 1. The van der Waals surface area contributed by atoms with Crippen LogP contribution in [-0.2, 0) is 6.54 Å². The molecule has 4 nitrogen and oxygen atoms in total. The van der Waals surface area contributed by atoms with Crippen molar-refractivity contribution in [3.63, 3.8) is 0 Å². The van der Waals surface area contributed by atoms with Crippen LogP contribution in [0.4, 0.5) is 5.69 Å². The predicted molar refractivity (Wildman–Crippen MR) is 71.1 cm³/mol. The van der Waals surface area contributed by atoms with Gasteiger partial charge in [-0.3, -0.25) is 4.98 Å². The van der Waals surface area contributed by atoms with Gasteiger partial charge >= 0.3 is 0 Å². The molecule has 94 valence electrons. The molecule has 1 fully saturated rings. The first-order valence-electron chi connectivity index (χ1n) is 6.26. The van der Waals surface area contributed by atoms with E-state index < -0.39 is 0 Å². The first-order valence-corrected chi connectivity index (χ1v) is 6.26. The van der Waals surface area contributed by atoms with Gasteiger partial charge in [0, 0.05) is 25.8 Å². The highest BCUT2D eigenvalue weighted by Crippen LogP contribution is 2.24. The van der Waals surface area contributed by atoms with E-state index in [0.717, 1.165) is 0 Å². The smallest absolute Gasteiger partial charge is 0.0598 e. The summed E-state index contributed by atoms with van der Waals surface area (Å²) in [5, 5.41) is 0. The summed E-state index contributed by atoms with van der Waals surface area (Å²) in [5.41, 5.74) is 8.14. The summed E-state index contributed by atoms with van der Waals surface area (Å²) in [6, 6.07) is 2.63. The zero-order valence-corrected chi connectivity index (χ0v) is 10.8. The van der Waals surface area contributed by atoms with Gasteiger partial charge in [0.15, 0.2) is 0 Å². The van der Waals surface area contributed by atoms with Crippen LogP contribution in [0, 0.1) is 0 Å². The number of hydrogen-bond acceptors (Lipinski definition) is 4. The molecular formula is C13H22N4. The lowest BCUT2D eigenvalue weighted by Gasteiger charge is -2.37. The summed E-state index contributed by atoms with van der Waals surface area (Å²) in [5.74, 6) is 0. The summed E-state index contributed by atoms with van der Waals surface area (Å²) in [4.78, 5) is 8.95. The summed E-state index contributed by atoms with van der Waals surface area (Å²) in [6.45, 7) is 2.93. The monoisotopic (exact) mass is 234 g/mol. The SMILES string of the molecule is CN1CCC(N(C)c2cnccc2CN)CC1. The molecule has 0 unspecified atom stereocenters. The van der Waals surface area contributed by atoms with E-state index in [1.807, 2.05) is 18.5 Å². The van der Waals surface area contributed by atoms with Gasteiger partial charge < -0.3 is 15.5 Å². The van der Waals surface area contributed by atoms with E-state index in [1.165, 1.54) is 37.2 Å². The van der Waals surface area contributed by atoms with E-state index >= 15 is 0 Å². The summed E-state index contributed by atoms with van der Waals surface area (Å²) < 4.78 is 0. The fourth-order valence-corrected chi connectivity index (χ4v) is 2.48. The Balaban J connectivity index is 2.10. The van der Waals surface area contributed by atoms with Crippen molar-refractivity contribution in [1.29, 1.82) is 0 Å². The first kappa shape index (κ1) is 12.3. The van der Waals surface area contributed by atoms with Gasteiger partial charge in [0.1, 0.15) is 0 Å². The average molecular weight is 234 g/mol. The molecule has 0 saturated carbocycles. The number of piperidine rings is 1. The molecule has 2 N–H and O–H groups in total. The molecule has 1 aromatic heterocycles. The minimum atomic E-state index is 0.578. The quantitative estimate of drug-likeness (QED) is 0.850. The molecule has 17 heavy (non-hydrogen) atoms. The highest BCUT2D eigenvalue weighted by molar-refractivity contribution is 5.51. The third-order valence-corrected chi connectivity index (χ3v) is 3.72. The number of likely N-dealkylation sites (tertiary alicyclic amines) is 1. The lowest BCUT2D eigenvalue weighted by Crippen LogP contribution is -2.42. The van der Waals surface area contributed by atoms with Crippen LogP contribution in [0.5, 0.6) is 0 Å². The molecule has 0 radical (unpaired) electrons. The van der Waals surface area contributed by atoms with Crippen molar-refractivity contribution in [3.8, 4) is 0 Å². The maximum absolute atomic E-state index is 5.78. The molecule has 0 spiro atoms. The molecule has 1 aliphatic heterocycles. The maximum atomic E-state index is 5.78. The van der Waals surface area contributed by atoms with Crippen LogP contribution in [0.1, 0.15) is 18.4 Å². The van der Waals surface area contributed by atoms with Gasteiger partial charge in [-0.2, -0.15) is 0 Å². The van der Waals surface area contributed by atoms with Crippen LogP contribution in [0.25, 0.3) is 0 Å². The third-order valence-electron chi connectivity index (χ3n) is 3.72. The third kappa shape index (κ3) is 2.76. The van der Waals surface area contributed by atoms with Crippen LogP contribution < -0.4 is 10.6 Å². The highest BCUT2D eigenvalue weighted by Gasteiger charge is 2.21. The van der Waals surface area contributed by atoms with Crippen LogP contribution in [0.2, 0.25) is 0 Å². The zero-order valence-electron chi connectivity index (χ0n) is 10.8. The number of rotatable bonds is 3. The average Bonchev–Trinajstić information content (AvgIpc) is 2.39. The maximum Gasteiger partial charge on any atom is 0.0598 e. The van der Waals surface area contributed by atoms with Crippen LogP contribution in [-0.4, -0.2) is 43.1 Å². The molecule has 0 amide bonds. The van der Waals surface area contributed by atoms with Crippen LogP contribution in [0.15, 0.2) is 18.5 Å². The van der Waals surface area contributed by atoms with Crippen molar-refractivity contribution in [2.45, 2.75) is 25.4 Å². The first-order chi connectivity index (χ1) is 8.22. The second-order valence-electron chi connectivity index (χ2n) is 4.85. The Kier molecular flexibility index (Phi) is 3.97. The Hall–Kier alpha value is -1.13. The van der Waals surface area contributed by atoms with Gasteiger partial charge in [-0.15, -0.1) is 0 Å². The number of hydrogen-bond donors (Lipinski definition) is 1. The van der Waals surface area contributed by atoms with E-state index in [9.17, 15) is 0 Å². The van der Waals surface area contributed by atoms with E-state index in [1.54, 1.807) is 0 Å². The molecule has 0 bridgehead atoms. The van der Waals surface area contributed by atoms with Gasteiger partial charge in [-0.25, -0.2) is 0 Å². The standard InChI is InChI=1S/C13H22N4/c1-16-7-4-12(5-8-16)17(2)13-10-15-6-3-11(13)9-14/h3,6,10,12H,4-5,7-9,14H2,1-2H3. The molecule has 0 aromatic carbocycles. The van der Waals surface area contributed by atoms with E-state index in [0.29, 0.717) is 12.6 Å². The largest absolute Gasteiger partial charge is 0.370 e. The van der Waals surface area contributed by atoms with Crippen molar-refractivity contribution < 1.29 is 0 Å². The van der Waals surface area contributed by atoms with E-state index in [-0.39, 0.29) is 0 Å². The second-order valence-corrected chi connectivity index (χ2v) is 4.85. The minimum Gasteiger partial charge on any atom is -0.370 e. The van der Waals surface area contributed by atoms with Crippen molar-refractivity contribution in [3.05, 3.63) is 24.0 Å². The van der Waals surface area contributed by atoms with Crippen molar-refractivity contribution in [2.75, 3.05) is 32.1 Å². The molecule has 0 aliphatic carbocycles. The molecule has 2 heterocycles. The molecular weight excluding hydrogens is 212 g/mol. The number of aromatic nitrogens is 1. The van der Waals surface area contributed by atoms with Crippen molar-refractivity contribution in [1.82, 2.24) is 9.88 Å². The van der Waals surface area contributed by atoms with E-state index in [2.05, 4.69) is 28.9 Å². The molecule has 2 rings (SSSR count). The molecule has 0 atom stereocenters. The summed E-state index contributed by atoms with van der Waals surface area (Å²) in [7, 11) is 4.35. The summed E-state index contributed by atoms with van der Waals surface area (Å²) >= 11 is 0. The number of nitrogens with two attached hydrogens (primary N) is 1. The number of nitrogens with zero attached hydrogens (tertiary/aromatic N) is 3. The van der Waals surface area contributed by atoms with Gasteiger partial charge in [0.05, 0.1) is 11.9 Å². The lowest BCUT2D eigenvalue weighted by molar-refractivity contribution is 0.252. The molecule has 1 aromatic rings. The van der Waals surface area contributed by atoms with Gasteiger partial charge in [-0.1, -0.05) is 0 Å². The molecule has 1 aliphatic rings. The fraction of sp³-hybridized carbons (Fsp3) is 0.615. The zero-order chi connectivity index (χ0) is 12.3. The fourth-order valence-electron chi connectivity index (χ4n) is 2.48. The number of anilines is 1. The predicted octanol–water partition coefficient (Wildman–Crippen LogP) is 1.07. The summed E-state index contributed by atoms with van der Waals surface area (Å²) in [6.07, 6.45) is 6.17. The Morgan fingerprint density at radius 2 is 2.18 bits per heavy atom. The van der Waals surface area contributed by atoms with Crippen LogP contribution in [0.3, 0.4) is 0 Å². The van der Waals surface area contributed by atoms with Gasteiger partial charge in [0.25, 0.3) is 0 Å². The highest BCUT2D eigenvalue weighted by atomic mass is 15.2. The Morgan fingerprint density at radius 1 is 1.47 bits per heavy atom. The topological polar surface area (TPSA) is 45.4 Å². The Morgan fingerprint density at radius 3 is 2.82 bits per heavy atom. The van der Waals surface area contributed by atoms with Crippen molar-refractivity contribution >= 4 is 5.69 Å². The second kappa shape index (κ2) is 5.47. The molecule has 1 saturated heterocycles. The van der Waals surface area contributed by atoms with Gasteiger partial charge in [-0.05, 0) is 44.6 Å². The Labute approximate surface area is 103 Å². The normalized spacial score (nSPS) is 18.3. The van der Waals surface area contributed by atoms with Crippen LogP contribution >= 0.6 is 0 Å². The van der Waals surface area contributed by atoms with E-state index in [4.69, 9.17) is 5.73 Å². The minimum absolute atomic E-state index is 0.578. The lowest BCUT2D eigenvalue weighted by atomic mass is 10.0. The molecule has 4 heteroatoms.